The molecule has 0 spiro atoms. The lowest BCUT2D eigenvalue weighted by molar-refractivity contribution is 0.101. The third-order valence-electron chi connectivity index (χ3n) is 12.9. The van der Waals surface area contributed by atoms with Gasteiger partial charge in [0.2, 0.25) is 0 Å². The molecule has 3 heterocycles. The van der Waals surface area contributed by atoms with Gasteiger partial charge in [0.25, 0.3) is 5.44 Å². The second kappa shape index (κ2) is 28.0. The largest absolute Gasteiger partial charge is 0.527 e. The van der Waals surface area contributed by atoms with Gasteiger partial charge in [0.1, 0.15) is 0 Å². The van der Waals surface area contributed by atoms with E-state index >= 15 is 0 Å². The average Bonchev–Trinajstić information content (AvgIpc) is 3.41. The maximum Gasteiger partial charge on any atom is 0.527 e. The predicted molar refractivity (Wildman–Crippen MR) is 319 cm³/mol. The van der Waals surface area contributed by atoms with Crippen LogP contribution in [0.4, 0.5) is 0 Å². The van der Waals surface area contributed by atoms with E-state index in [1.807, 2.05) is 159 Å². The Morgan fingerprint density at radius 1 is 0.487 bits per heavy atom. The Bertz CT molecular complexity index is 2490. The molecule has 3 fully saturated rings. The van der Waals surface area contributed by atoms with Crippen molar-refractivity contribution in [2.24, 2.45) is 0 Å². The number of hydrogen-bond donors (Lipinski definition) is 3. The number of unbranched alkanes of at least 4 members (excludes halogenated alkanes) is 3. The highest BCUT2D eigenvalue weighted by Gasteiger charge is 2.71. The summed E-state index contributed by atoms with van der Waals surface area (Å²) < 4.78 is 93.1. The molecular formula is C51H79O15SSi9+. The first-order valence-electron chi connectivity index (χ1n) is 26.4. The topological polar surface area (TPSA) is 171 Å². The van der Waals surface area contributed by atoms with Gasteiger partial charge in [-0.3, -0.25) is 0 Å². The first-order chi connectivity index (χ1) is 36.4. The Morgan fingerprint density at radius 3 is 1.34 bits per heavy atom. The fraction of sp³-hybridized carbons (Fsp3) is 0.412. The Labute approximate surface area is 465 Å². The van der Waals surface area contributed by atoms with Gasteiger partial charge >= 0.3 is 65.5 Å². The minimum absolute atomic E-state index is 0.0424. The highest BCUT2D eigenvalue weighted by Crippen LogP contribution is 2.38. The molecular weight excluding hydrogens is 1140 g/mol. The van der Waals surface area contributed by atoms with Crippen molar-refractivity contribution < 1.29 is 64.8 Å². The van der Waals surface area contributed by atoms with Crippen LogP contribution in [-0.2, 0) is 61.0 Å². The van der Waals surface area contributed by atoms with Gasteiger partial charge in [-0.2, -0.15) is 0 Å². The average molecular weight is 1220 g/mol. The van der Waals surface area contributed by atoms with E-state index in [1.54, 1.807) is 7.11 Å². The van der Waals surface area contributed by atoms with Crippen LogP contribution in [0.5, 0.6) is 0 Å². The molecule has 7 unspecified atom stereocenters. The molecule has 3 aliphatic heterocycles. The fourth-order valence-electron chi connectivity index (χ4n) is 9.09. The van der Waals surface area contributed by atoms with Crippen molar-refractivity contribution in [3.63, 3.8) is 0 Å². The molecule has 0 aromatic heterocycles. The van der Waals surface area contributed by atoms with Gasteiger partial charge < -0.3 is 56.8 Å². The fourth-order valence-corrected chi connectivity index (χ4v) is 50.2. The number of benzene rings is 5. The van der Waals surface area contributed by atoms with E-state index in [1.165, 1.54) is 0 Å². The molecule has 0 aliphatic carbocycles. The number of aliphatic hydroxyl groups is 3. The van der Waals surface area contributed by atoms with E-state index in [4.69, 9.17) is 49.5 Å². The molecule has 25 heteroatoms. The summed E-state index contributed by atoms with van der Waals surface area (Å²) >= 11 is -1.50. The van der Waals surface area contributed by atoms with Crippen molar-refractivity contribution in [3.8, 4) is 0 Å². The van der Waals surface area contributed by atoms with Crippen molar-refractivity contribution in [1.82, 2.24) is 0 Å². The zero-order chi connectivity index (χ0) is 54.3. The first-order valence-corrected chi connectivity index (χ1v) is 46.7. The van der Waals surface area contributed by atoms with Crippen LogP contribution < -0.4 is 25.9 Å². The zero-order valence-electron chi connectivity index (χ0n) is 45.3. The quantitative estimate of drug-likeness (QED) is 0.0385. The third-order valence-corrected chi connectivity index (χ3v) is 48.4. The van der Waals surface area contributed by atoms with E-state index in [2.05, 4.69) is 39.3 Å². The van der Waals surface area contributed by atoms with E-state index in [-0.39, 0.29) is 19.8 Å². The third kappa shape index (κ3) is 16.3. The van der Waals surface area contributed by atoms with Crippen LogP contribution in [-0.4, -0.2) is 127 Å². The summed E-state index contributed by atoms with van der Waals surface area (Å²) in [5, 5.41) is 33.3. The van der Waals surface area contributed by atoms with Crippen LogP contribution in [0, 0.1) is 0 Å². The maximum absolute atomic E-state index is 10.1. The number of rotatable bonds is 24. The smallest absolute Gasteiger partial charge is 0.416 e. The Hall–Kier alpha value is -2.20. The molecule has 5 aromatic rings. The maximum atomic E-state index is 10.1. The van der Waals surface area contributed by atoms with Crippen LogP contribution in [0.25, 0.3) is 0 Å². The monoisotopic (exact) mass is 1220 g/mol. The molecule has 3 aliphatic rings. The lowest BCUT2D eigenvalue weighted by atomic mass is 10.4. The van der Waals surface area contributed by atoms with Crippen molar-refractivity contribution in [2.45, 2.75) is 108 Å². The van der Waals surface area contributed by atoms with Crippen LogP contribution >= 0.6 is 0 Å². The van der Waals surface area contributed by atoms with Crippen molar-refractivity contribution in [1.29, 1.82) is 0 Å². The highest BCUT2D eigenvalue weighted by atomic mass is 32.2. The Kier molecular flexibility index (Phi) is 22.6. The molecule has 3 N–H and O–H groups in total. The molecule has 8 atom stereocenters. The van der Waals surface area contributed by atoms with Crippen molar-refractivity contribution in [2.75, 3.05) is 26.9 Å². The summed E-state index contributed by atoms with van der Waals surface area (Å²) in [5.41, 5.74) is -0.869. The zero-order valence-corrected chi connectivity index (χ0v) is 55.4. The second-order valence-corrected chi connectivity index (χ2v) is 51.8. The van der Waals surface area contributed by atoms with Crippen LogP contribution in [0.15, 0.2) is 152 Å². The standard InChI is InChI=1S/C51H79O15SSi9/c1-46-56-73(48-32-16-10-17-33-48,62-71(5,6)44-28-25-41-53)64-75(50-36-20-12-21-37-50)59-68(47-30-14-9-15-31-47)58-74(49-34-18-11-19-35-49,61-69(57-67(46)55-2)60-70(3,4)43-27-24-40-52)65-76(66-75,51-38-22-13-23-39-51)63-72(7,8)45-29-26-42-54/h9-23,30-39,46,52-54,68-69H,24-29,40-45H2,1-8H3/q+1/t46-,67?,68?,69?,73?,74?,75?,76?/m0/s1. The number of aliphatic hydroxyl groups excluding tert-OH is 3. The van der Waals surface area contributed by atoms with Gasteiger partial charge in [0.05, 0.1) is 7.11 Å². The van der Waals surface area contributed by atoms with Gasteiger partial charge in [0.15, 0.2) is 25.0 Å². The lowest BCUT2D eigenvalue weighted by Crippen LogP contribution is -2.82. The van der Waals surface area contributed by atoms with Crippen LogP contribution in [0.2, 0.25) is 57.4 Å². The normalized spacial score (nSPS) is 27.0. The van der Waals surface area contributed by atoms with E-state index in [0.29, 0.717) is 64.6 Å². The summed E-state index contributed by atoms with van der Waals surface area (Å²) in [6.45, 7) is 14.9. The minimum atomic E-state index is -4.76. The first kappa shape index (κ1) is 61.4. The predicted octanol–water partition coefficient (Wildman–Crippen LogP) is 5.80. The van der Waals surface area contributed by atoms with Crippen molar-refractivity contribution >= 4 is 116 Å². The van der Waals surface area contributed by atoms with Crippen LogP contribution in [0.3, 0.4) is 0 Å². The molecule has 3 saturated heterocycles. The SMILES string of the molecule is CO[S+]1O[SiH](O[Si](C)(C)CCCCO)O[Si]2(c3ccccc3)O[SiH](c3ccccc3)O[Si](c3ccccc3)(O[Si](O[Si](C)(C)CCCCO)(c3ccccc3)O[C@@H]1C)O[Si](O[Si](C)(C)CCCCO)(c1ccccc1)O2. The van der Waals surface area contributed by atoms with E-state index < -0.39 is 95.9 Å². The number of hydrogen-bond acceptors (Lipinski definition) is 15. The summed E-state index contributed by atoms with van der Waals surface area (Å²) in [4.78, 5) is 0. The Morgan fingerprint density at radius 2 is 0.868 bits per heavy atom. The molecule has 2 bridgehead atoms. The second-order valence-electron chi connectivity index (χ2n) is 20.7. The molecule has 5 aromatic carbocycles. The van der Waals surface area contributed by atoms with Gasteiger partial charge in [-0.15, -0.1) is 8.06 Å². The van der Waals surface area contributed by atoms with Crippen LogP contribution in [0.1, 0.15) is 45.4 Å². The molecule has 0 saturated carbocycles. The van der Waals surface area contributed by atoms with Gasteiger partial charge in [-0.1, -0.05) is 171 Å². The molecule has 414 valence electrons. The summed E-state index contributed by atoms with van der Waals surface area (Å²) in [6, 6.07) is 51.0. The summed E-state index contributed by atoms with van der Waals surface area (Å²) in [7, 11) is -32.6. The Balaban J connectivity index is 1.66. The van der Waals surface area contributed by atoms with E-state index in [9.17, 15) is 15.3 Å². The van der Waals surface area contributed by atoms with E-state index in [0.717, 1.165) is 18.0 Å². The molecule has 15 nitrogen and oxygen atoms in total. The molecule has 8 rings (SSSR count). The lowest BCUT2D eigenvalue weighted by Gasteiger charge is -2.51. The number of fused-ring (bicyclic) bond motifs is 11. The molecule has 0 radical (unpaired) electrons. The highest BCUT2D eigenvalue weighted by molar-refractivity contribution is 7.89. The summed E-state index contributed by atoms with van der Waals surface area (Å²) in [6.07, 6.45) is 3.97. The van der Waals surface area contributed by atoms with Gasteiger partial charge in [-0.25, -0.2) is 0 Å². The van der Waals surface area contributed by atoms with Gasteiger partial charge in [-0.05, 0) is 81.9 Å². The minimum Gasteiger partial charge on any atom is -0.416 e. The summed E-state index contributed by atoms with van der Waals surface area (Å²) in [5.74, 6) is 0. The van der Waals surface area contributed by atoms with Gasteiger partial charge in [0, 0.05) is 47.5 Å². The molecule has 0 amide bonds. The van der Waals surface area contributed by atoms with Crippen molar-refractivity contribution in [3.05, 3.63) is 152 Å². The molecule has 76 heavy (non-hydrogen) atoms.